The molecule has 0 atom stereocenters. The lowest BCUT2D eigenvalue weighted by molar-refractivity contribution is -0.152. The van der Waals surface area contributed by atoms with Gasteiger partial charge >= 0.3 is 5.97 Å². The van der Waals surface area contributed by atoms with E-state index in [1.165, 1.54) is 37.6 Å². The molecule has 0 unspecified atom stereocenters. The Balaban J connectivity index is 1.67. The summed E-state index contributed by atoms with van der Waals surface area (Å²) in [4.78, 5) is 29.6. The molecule has 2 aliphatic heterocycles. The van der Waals surface area contributed by atoms with Crippen molar-refractivity contribution in [3.8, 4) is 5.88 Å². The predicted octanol–water partition coefficient (Wildman–Crippen LogP) is 2.43. The van der Waals surface area contributed by atoms with Gasteiger partial charge < -0.3 is 19.5 Å². The fourth-order valence-corrected chi connectivity index (χ4v) is 5.63. The number of nitrogens with one attached hydrogen (secondary N) is 1. The van der Waals surface area contributed by atoms with Crippen LogP contribution < -0.4 is 14.4 Å². The SMILES string of the molecule is COC(=O)C1(NC(=O)c2cnc3c(c2)N(S(=O)(=O)c2ccc(Cl)c(Cl)c2)CCO3)CCOCC1. The van der Waals surface area contributed by atoms with Crippen molar-refractivity contribution in [3.05, 3.63) is 46.1 Å². The lowest BCUT2D eigenvalue weighted by Gasteiger charge is -2.35. The van der Waals surface area contributed by atoms with E-state index in [9.17, 15) is 18.0 Å². The van der Waals surface area contributed by atoms with Crippen LogP contribution in [0, 0.1) is 0 Å². The lowest BCUT2D eigenvalue weighted by atomic mass is 9.89. The molecule has 1 N–H and O–H groups in total. The van der Waals surface area contributed by atoms with Crippen molar-refractivity contribution in [2.75, 3.05) is 37.8 Å². The predicted molar refractivity (Wildman–Crippen MR) is 123 cm³/mol. The fraction of sp³-hybridized carbons (Fsp3) is 0.381. The molecule has 34 heavy (non-hydrogen) atoms. The molecule has 0 spiro atoms. The number of hydrogen-bond acceptors (Lipinski definition) is 8. The van der Waals surface area contributed by atoms with E-state index in [4.69, 9.17) is 37.4 Å². The molecular formula is C21H21Cl2N3O7S. The summed E-state index contributed by atoms with van der Waals surface area (Å²) in [7, 11) is -2.82. The largest absolute Gasteiger partial charge is 0.474 e. The molecular weight excluding hydrogens is 509 g/mol. The van der Waals surface area contributed by atoms with Gasteiger partial charge in [0.25, 0.3) is 15.9 Å². The molecule has 0 radical (unpaired) electrons. The van der Waals surface area contributed by atoms with Crippen LogP contribution in [0.2, 0.25) is 10.0 Å². The Kier molecular flexibility index (Phi) is 6.90. The third-order valence-electron chi connectivity index (χ3n) is 5.65. The van der Waals surface area contributed by atoms with Gasteiger partial charge in [-0.25, -0.2) is 18.2 Å². The summed E-state index contributed by atoms with van der Waals surface area (Å²) in [5.74, 6) is -1.14. The van der Waals surface area contributed by atoms with E-state index in [2.05, 4.69) is 10.3 Å². The number of aromatic nitrogens is 1. The molecule has 1 fully saturated rings. The minimum Gasteiger partial charge on any atom is -0.474 e. The van der Waals surface area contributed by atoms with E-state index in [-0.39, 0.29) is 71.3 Å². The minimum atomic E-state index is -4.07. The maximum absolute atomic E-state index is 13.4. The summed E-state index contributed by atoms with van der Waals surface area (Å²) in [6.07, 6.45) is 1.74. The van der Waals surface area contributed by atoms with Gasteiger partial charge in [-0.1, -0.05) is 23.2 Å². The van der Waals surface area contributed by atoms with Crippen LogP contribution >= 0.6 is 23.2 Å². The molecule has 0 bridgehead atoms. The fourth-order valence-electron chi connectivity index (χ4n) is 3.80. The van der Waals surface area contributed by atoms with E-state index in [0.717, 1.165) is 4.31 Å². The highest BCUT2D eigenvalue weighted by Gasteiger charge is 2.43. The molecule has 13 heteroatoms. The molecule has 4 rings (SSSR count). The zero-order chi connectivity index (χ0) is 24.5. The van der Waals surface area contributed by atoms with Crippen molar-refractivity contribution in [1.29, 1.82) is 0 Å². The van der Waals surface area contributed by atoms with Gasteiger partial charge in [0.15, 0.2) is 0 Å². The molecule has 10 nitrogen and oxygen atoms in total. The van der Waals surface area contributed by atoms with E-state index in [1.54, 1.807) is 0 Å². The number of esters is 1. The van der Waals surface area contributed by atoms with Crippen molar-refractivity contribution in [1.82, 2.24) is 10.3 Å². The van der Waals surface area contributed by atoms with E-state index in [0.29, 0.717) is 0 Å². The number of methoxy groups -OCH3 is 1. The molecule has 1 aromatic carbocycles. The molecule has 3 heterocycles. The highest BCUT2D eigenvalue weighted by molar-refractivity contribution is 7.92. The molecule has 2 aliphatic rings. The van der Waals surface area contributed by atoms with Crippen LogP contribution in [-0.2, 0) is 24.3 Å². The van der Waals surface area contributed by atoms with Crippen LogP contribution in [0.3, 0.4) is 0 Å². The van der Waals surface area contributed by atoms with Crippen LogP contribution in [0.15, 0.2) is 35.4 Å². The minimum absolute atomic E-state index is 0.00817. The number of fused-ring (bicyclic) bond motifs is 1. The van der Waals surface area contributed by atoms with Crippen LogP contribution in [0.25, 0.3) is 0 Å². The first-order chi connectivity index (χ1) is 16.2. The molecule has 1 saturated heterocycles. The zero-order valence-electron chi connectivity index (χ0n) is 18.0. The maximum Gasteiger partial charge on any atom is 0.331 e. The van der Waals surface area contributed by atoms with E-state index in [1.807, 2.05) is 0 Å². The Morgan fingerprint density at radius 3 is 2.56 bits per heavy atom. The number of rotatable bonds is 5. The van der Waals surface area contributed by atoms with E-state index < -0.39 is 27.4 Å². The van der Waals surface area contributed by atoms with Crippen LogP contribution in [0.5, 0.6) is 5.88 Å². The second-order valence-electron chi connectivity index (χ2n) is 7.69. The molecule has 2 aromatic rings. The highest BCUT2D eigenvalue weighted by Crippen LogP contribution is 2.36. The van der Waals surface area contributed by atoms with Gasteiger partial charge in [0.1, 0.15) is 17.8 Å². The number of hydrogen-bond donors (Lipinski definition) is 1. The Morgan fingerprint density at radius 1 is 1.15 bits per heavy atom. The number of anilines is 1. The number of benzene rings is 1. The topological polar surface area (TPSA) is 124 Å². The number of carbonyl (C=O) groups is 2. The molecule has 1 aromatic heterocycles. The average molecular weight is 530 g/mol. The second-order valence-corrected chi connectivity index (χ2v) is 10.4. The third kappa shape index (κ3) is 4.52. The summed E-state index contributed by atoms with van der Waals surface area (Å²) in [5, 5.41) is 3.04. The monoisotopic (exact) mass is 529 g/mol. The van der Waals surface area contributed by atoms with Crippen LogP contribution in [0.1, 0.15) is 23.2 Å². The van der Waals surface area contributed by atoms with Gasteiger partial charge in [-0.15, -0.1) is 0 Å². The highest BCUT2D eigenvalue weighted by atomic mass is 35.5. The molecule has 1 amide bonds. The average Bonchev–Trinajstić information content (AvgIpc) is 2.84. The molecule has 182 valence electrons. The number of amides is 1. The lowest BCUT2D eigenvalue weighted by Crippen LogP contribution is -2.58. The number of ether oxygens (including phenoxy) is 3. The first-order valence-electron chi connectivity index (χ1n) is 10.3. The Morgan fingerprint density at radius 2 is 1.88 bits per heavy atom. The number of carbonyl (C=O) groups excluding carboxylic acids is 2. The number of halogens is 2. The standard InChI is InChI=1S/C21H21Cl2N3O7S/c1-31-20(28)21(4-7-32-8-5-21)25-18(27)13-10-17-19(24-12-13)33-9-6-26(17)34(29,30)14-2-3-15(22)16(23)11-14/h2-3,10-12H,4-9H2,1H3,(H,25,27). The first kappa shape index (κ1) is 24.5. The Bertz CT molecular complexity index is 1230. The third-order valence-corrected chi connectivity index (χ3v) is 8.20. The van der Waals surface area contributed by atoms with Crippen LogP contribution in [-0.4, -0.2) is 64.3 Å². The van der Waals surface area contributed by atoms with Crippen molar-refractivity contribution < 1.29 is 32.2 Å². The second kappa shape index (κ2) is 9.57. The van der Waals surface area contributed by atoms with E-state index >= 15 is 0 Å². The van der Waals surface area contributed by atoms with Crippen molar-refractivity contribution >= 4 is 50.8 Å². The van der Waals surface area contributed by atoms with Gasteiger partial charge in [0.2, 0.25) is 5.88 Å². The summed E-state index contributed by atoms with van der Waals surface area (Å²) in [5.41, 5.74) is -1.11. The summed E-state index contributed by atoms with van der Waals surface area (Å²) < 4.78 is 43.5. The normalized spacial score (nSPS) is 17.3. The number of nitrogens with zero attached hydrogens (tertiary/aromatic N) is 2. The quantitative estimate of drug-likeness (QED) is 0.585. The van der Waals surface area contributed by atoms with Crippen molar-refractivity contribution in [2.24, 2.45) is 0 Å². The zero-order valence-corrected chi connectivity index (χ0v) is 20.4. The molecule has 0 aliphatic carbocycles. The Labute approximate surface area is 206 Å². The summed E-state index contributed by atoms with van der Waals surface area (Å²) in [6, 6.07) is 5.34. The first-order valence-corrected chi connectivity index (χ1v) is 12.5. The maximum atomic E-state index is 13.4. The van der Waals surface area contributed by atoms with Gasteiger partial charge in [-0.05, 0) is 24.3 Å². The number of sulfonamides is 1. The Hall–Kier alpha value is -2.60. The summed E-state index contributed by atoms with van der Waals surface area (Å²) >= 11 is 11.9. The summed E-state index contributed by atoms with van der Waals surface area (Å²) in [6.45, 7) is 0.617. The van der Waals surface area contributed by atoms with Gasteiger partial charge in [-0.2, -0.15) is 0 Å². The van der Waals surface area contributed by atoms with Crippen molar-refractivity contribution in [2.45, 2.75) is 23.3 Å². The number of pyridine rings is 1. The van der Waals surface area contributed by atoms with Crippen molar-refractivity contribution in [3.63, 3.8) is 0 Å². The van der Waals surface area contributed by atoms with Gasteiger partial charge in [0.05, 0.1) is 34.2 Å². The smallest absolute Gasteiger partial charge is 0.331 e. The van der Waals surface area contributed by atoms with Crippen LogP contribution in [0.4, 0.5) is 5.69 Å². The van der Waals surface area contributed by atoms with Gasteiger partial charge in [0, 0.05) is 32.3 Å². The molecule has 0 saturated carbocycles. The van der Waals surface area contributed by atoms with Gasteiger partial charge in [-0.3, -0.25) is 9.10 Å².